The van der Waals surface area contributed by atoms with Crippen molar-refractivity contribution in [3.8, 4) is 0 Å². The van der Waals surface area contributed by atoms with E-state index in [1.807, 2.05) is 0 Å². The van der Waals surface area contributed by atoms with E-state index in [0.29, 0.717) is 25.4 Å². The molecule has 1 heterocycles. The molecule has 16 heavy (non-hydrogen) atoms. The Kier molecular flexibility index (Phi) is 3.49. The number of hydrogen-bond donors (Lipinski definition) is 1. The Labute approximate surface area is 99.6 Å². The van der Waals surface area contributed by atoms with Crippen molar-refractivity contribution < 1.29 is 9.59 Å². The minimum absolute atomic E-state index is 0.0254. The highest BCUT2D eigenvalue weighted by Crippen LogP contribution is 2.34. The van der Waals surface area contributed by atoms with Gasteiger partial charge < -0.3 is 10.2 Å². The number of amides is 2. The summed E-state index contributed by atoms with van der Waals surface area (Å²) in [5, 5.41) is 2.81. The smallest absolute Gasteiger partial charge is 0.245 e. The summed E-state index contributed by atoms with van der Waals surface area (Å²) in [6.07, 6.45) is 4.18. The Hall–Kier alpha value is -1.03. The fourth-order valence-electron chi connectivity index (χ4n) is 1.95. The van der Waals surface area contributed by atoms with Crippen LogP contribution in [0.15, 0.2) is 11.6 Å². The molecule has 2 rings (SSSR count). The van der Waals surface area contributed by atoms with Crippen LogP contribution in [0.1, 0.15) is 19.3 Å². The zero-order valence-corrected chi connectivity index (χ0v) is 9.74. The standard InChI is InChI=1S/C11H15ClN2O2/c12-5-1-6-14-7-4-9(15)13-10(11(14)16)8-2-3-8/h1,5,8,10H,2-4,6-7H2,(H,13,15)/b5-1+. The number of nitrogens with zero attached hydrogens (tertiary/aromatic N) is 1. The third-order valence-electron chi connectivity index (χ3n) is 3.01. The summed E-state index contributed by atoms with van der Waals surface area (Å²) in [7, 11) is 0. The minimum atomic E-state index is -0.307. The van der Waals surface area contributed by atoms with Gasteiger partial charge in [0.25, 0.3) is 0 Å². The molecule has 0 aromatic rings. The van der Waals surface area contributed by atoms with Crippen LogP contribution in [0.2, 0.25) is 0 Å². The van der Waals surface area contributed by atoms with Crippen molar-refractivity contribution in [1.82, 2.24) is 10.2 Å². The predicted molar refractivity (Wildman–Crippen MR) is 60.8 cm³/mol. The molecular weight excluding hydrogens is 228 g/mol. The minimum Gasteiger partial charge on any atom is -0.344 e. The molecule has 1 saturated carbocycles. The van der Waals surface area contributed by atoms with Crippen LogP contribution in [0.5, 0.6) is 0 Å². The van der Waals surface area contributed by atoms with Crippen LogP contribution in [0.3, 0.4) is 0 Å². The third-order valence-corrected chi connectivity index (χ3v) is 3.19. The molecule has 1 aliphatic heterocycles. The second-order valence-corrected chi connectivity index (χ2v) is 4.53. The van der Waals surface area contributed by atoms with E-state index >= 15 is 0 Å². The Balaban J connectivity index is 2.07. The second kappa shape index (κ2) is 4.87. The van der Waals surface area contributed by atoms with E-state index in [1.165, 1.54) is 5.54 Å². The summed E-state index contributed by atoms with van der Waals surface area (Å²) in [5.41, 5.74) is 1.40. The lowest BCUT2D eigenvalue weighted by atomic mass is 10.1. The molecule has 2 aliphatic rings. The fraction of sp³-hybridized carbons (Fsp3) is 0.636. The summed E-state index contributed by atoms with van der Waals surface area (Å²) < 4.78 is 0. The molecule has 1 aliphatic carbocycles. The molecule has 2 fully saturated rings. The monoisotopic (exact) mass is 242 g/mol. The SMILES string of the molecule is O=C1CCN(C/C=C/Cl)C(=O)C(C2CC2)N1. The van der Waals surface area contributed by atoms with Crippen molar-refractivity contribution in [3.63, 3.8) is 0 Å². The van der Waals surface area contributed by atoms with Crippen LogP contribution in [-0.4, -0.2) is 35.8 Å². The summed E-state index contributed by atoms with van der Waals surface area (Å²) in [6, 6.07) is -0.307. The van der Waals surface area contributed by atoms with Crippen molar-refractivity contribution >= 4 is 23.4 Å². The van der Waals surface area contributed by atoms with E-state index in [-0.39, 0.29) is 17.9 Å². The van der Waals surface area contributed by atoms with Gasteiger partial charge in [-0.2, -0.15) is 0 Å². The largest absolute Gasteiger partial charge is 0.344 e. The molecule has 5 heteroatoms. The molecule has 0 bridgehead atoms. The van der Waals surface area contributed by atoms with E-state index in [0.717, 1.165) is 12.8 Å². The zero-order valence-electron chi connectivity index (χ0n) is 8.99. The maximum absolute atomic E-state index is 12.1. The Morgan fingerprint density at radius 3 is 2.81 bits per heavy atom. The van der Waals surface area contributed by atoms with Crippen molar-refractivity contribution in [3.05, 3.63) is 11.6 Å². The first-order valence-corrected chi connectivity index (χ1v) is 5.99. The highest BCUT2D eigenvalue weighted by atomic mass is 35.5. The van der Waals surface area contributed by atoms with E-state index in [2.05, 4.69) is 5.32 Å². The number of hydrogen-bond acceptors (Lipinski definition) is 2. The third kappa shape index (κ3) is 2.55. The van der Waals surface area contributed by atoms with Crippen LogP contribution in [0.25, 0.3) is 0 Å². The number of carbonyl (C=O) groups is 2. The lowest BCUT2D eigenvalue weighted by Gasteiger charge is -2.22. The summed E-state index contributed by atoms with van der Waals surface area (Å²) in [5.74, 6) is 0.350. The molecule has 0 spiro atoms. The van der Waals surface area contributed by atoms with Gasteiger partial charge in [-0.15, -0.1) is 0 Å². The molecule has 1 saturated heterocycles. The second-order valence-electron chi connectivity index (χ2n) is 4.28. The van der Waals surface area contributed by atoms with Gasteiger partial charge >= 0.3 is 0 Å². The first-order chi connectivity index (χ1) is 7.72. The zero-order chi connectivity index (χ0) is 11.5. The molecule has 0 radical (unpaired) electrons. The van der Waals surface area contributed by atoms with Gasteiger partial charge in [-0.25, -0.2) is 0 Å². The lowest BCUT2D eigenvalue weighted by Crippen LogP contribution is -2.46. The Morgan fingerprint density at radius 2 is 2.19 bits per heavy atom. The van der Waals surface area contributed by atoms with Gasteiger partial charge in [0.15, 0.2) is 0 Å². The molecule has 0 aromatic heterocycles. The summed E-state index contributed by atoms with van der Waals surface area (Å²) >= 11 is 5.45. The van der Waals surface area contributed by atoms with Crippen molar-refractivity contribution in [2.75, 3.05) is 13.1 Å². The average molecular weight is 243 g/mol. The van der Waals surface area contributed by atoms with Gasteiger partial charge in [-0.1, -0.05) is 17.7 Å². The molecule has 1 unspecified atom stereocenters. The van der Waals surface area contributed by atoms with Crippen molar-refractivity contribution in [2.45, 2.75) is 25.3 Å². The molecule has 0 aromatic carbocycles. The normalized spacial score (nSPS) is 27.1. The summed E-state index contributed by atoms with van der Waals surface area (Å²) in [4.78, 5) is 25.3. The quantitative estimate of drug-likeness (QED) is 0.798. The van der Waals surface area contributed by atoms with Gasteiger partial charge in [-0.3, -0.25) is 9.59 Å². The van der Waals surface area contributed by atoms with Crippen molar-refractivity contribution in [1.29, 1.82) is 0 Å². The van der Waals surface area contributed by atoms with Gasteiger partial charge in [0.05, 0.1) is 0 Å². The Morgan fingerprint density at radius 1 is 1.44 bits per heavy atom. The van der Waals surface area contributed by atoms with E-state index < -0.39 is 0 Å². The van der Waals surface area contributed by atoms with Crippen LogP contribution in [0, 0.1) is 5.92 Å². The maximum Gasteiger partial charge on any atom is 0.245 e. The average Bonchev–Trinajstić information content (AvgIpc) is 3.08. The topological polar surface area (TPSA) is 49.4 Å². The highest BCUT2D eigenvalue weighted by Gasteiger charge is 2.40. The van der Waals surface area contributed by atoms with Gasteiger partial charge in [0.2, 0.25) is 11.8 Å². The Bertz CT molecular complexity index is 326. The highest BCUT2D eigenvalue weighted by molar-refractivity contribution is 6.25. The molecule has 88 valence electrons. The first-order valence-electron chi connectivity index (χ1n) is 5.55. The predicted octanol–water partition coefficient (Wildman–Crippen LogP) is 0.866. The molecule has 1 atom stereocenters. The number of halogens is 1. The maximum atomic E-state index is 12.1. The van der Waals surface area contributed by atoms with Gasteiger partial charge in [0.1, 0.15) is 6.04 Å². The van der Waals surface area contributed by atoms with Crippen LogP contribution < -0.4 is 5.32 Å². The number of nitrogens with one attached hydrogen (secondary N) is 1. The molecule has 2 amide bonds. The molecular formula is C11H15ClN2O2. The van der Waals surface area contributed by atoms with Crippen molar-refractivity contribution in [2.24, 2.45) is 5.92 Å². The van der Waals surface area contributed by atoms with E-state index in [4.69, 9.17) is 11.6 Å². The lowest BCUT2D eigenvalue weighted by molar-refractivity contribution is -0.133. The van der Waals surface area contributed by atoms with Crippen LogP contribution >= 0.6 is 11.6 Å². The summed E-state index contributed by atoms with van der Waals surface area (Å²) in [6.45, 7) is 0.968. The van der Waals surface area contributed by atoms with E-state index in [9.17, 15) is 9.59 Å². The number of rotatable bonds is 3. The van der Waals surface area contributed by atoms with Gasteiger partial charge in [-0.05, 0) is 18.8 Å². The number of carbonyl (C=O) groups excluding carboxylic acids is 2. The molecule has 1 N–H and O–H groups in total. The van der Waals surface area contributed by atoms with Gasteiger partial charge in [0, 0.05) is 25.0 Å². The fourth-order valence-corrected chi connectivity index (χ4v) is 2.03. The first kappa shape index (κ1) is 11.5. The van der Waals surface area contributed by atoms with Crippen LogP contribution in [-0.2, 0) is 9.59 Å². The van der Waals surface area contributed by atoms with E-state index in [1.54, 1.807) is 11.0 Å². The van der Waals surface area contributed by atoms with Crippen LogP contribution in [0.4, 0.5) is 0 Å². The molecule has 4 nitrogen and oxygen atoms in total.